The van der Waals surface area contributed by atoms with Gasteiger partial charge in [0, 0.05) is 17.8 Å². The van der Waals surface area contributed by atoms with Crippen LogP contribution in [-0.4, -0.2) is 48.4 Å². The molecule has 26 heavy (non-hydrogen) atoms. The maximum atomic E-state index is 13.2. The lowest BCUT2D eigenvalue weighted by Gasteiger charge is -2.21. The van der Waals surface area contributed by atoms with Crippen molar-refractivity contribution in [2.45, 2.75) is 25.3 Å². The highest BCUT2D eigenvalue weighted by Gasteiger charge is 2.33. The van der Waals surface area contributed by atoms with Crippen molar-refractivity contribution in [2.24, 2.45) is 0 Å². The van der Waals surface area contributed by atoms with Crippen LogP contribution in [-0.2, 0) is 26.1 Å². The van der Waals surface area contributed by atoms with E-state index in [2.05, 4.69) is 9.72 Å². The van der Waals surface area contributed by atoms with Gasteiger partial charge in [-0.05, 0) is 19.4 Å². The molecule has 0 radical (unpaired) electrons. The molecule has 2 N–H and O–H groups in total. The predicted octanol–water partition coefficient (Wildman–Crippen LogP) is 1.69. The lowest BCUT2D eigenvalue weighted by atomic mass is 10.2. The smallest absolute Gasteiger partial charge is 0.352 e. The van der Waals surface area contributed by atoms with E-state index in [1.54, 1.807) is 30.3 Å². The number of aromatic nitrogens is 1. The molecule has 140 valence electrons. The lowest BCUT2D eigenvalue weighted by molar-refractivity contribution is -0.140. The van der Waals surface area contributed by atoms with Gasteiger partial charge in [0.15, 0.2) is 0 Å². The molecule has 8 nitrogen and oxygen atoms in total. The predicted molar refractivity (Wildman–Crippen MR) is 93.3 cm³/mol. The lowest BCUT2D eigenvalue weighted by Crippen LogP contribution is -2.36. The summed E-state index contributed by atoms with van der Waals surface area (Å²) in [5, 5.41) is 9.21. The third-order valence-electron chi connectivity index (χ3n) is 3.92. The van der Waals surface area contributed by atoms with E-state index in [0.29, 0.717) is 5.56 Å². The van der Waals surface area contributed by atoms with Crippen LogP contribution in [0.3, 0.4) is 0 Å². The van der Waals surface area contributed by atoms with E-state index in [0.717, 1.165) is 4.31 Å². The van der Waals surface area contributed by atoms with Gasteiger partial charge in [-0.3, -0.25) is 4.79 Å². The van der Waals surface area contributed by atoms with E-state index < -0.39 is 28.5 Å². The second-order valence-electron chi connectivity index (χ2n) is 5.72. The number of hydrogen-bond acceptors (Lipinski definition) is 5. The van der Waals surface area contributed by atoms with Crippen molar-refractivity contribution in [1.82, 2.24) is 9.29 Å². The number of carbonyl (C=O) groups is 2. The number of methoxy groups -OCH3 is 1. The summed E-state index contributed by atoms with van der Waals surface area (Å²) in [7, 11) is -2.97. The van der Waals surface area contributed by atoms with E-state index >= 15 is 0 Å². The Labute approximate surface area is 151 Å². The SMILES string of the molecule is COC(=O)CN(Cc1ccccc1)S(=O)(=O)c1c(C)[nH]c(C(=O)O)c1C. The molecule has 9 heteroatoms. The minimum absolute atomic E-state index is 0.0509. The van der Waals surface area contributed by atoms with Gasteiger partial charge in [-0.25, -0.2) is 13.2 Å². The fourth-order valence-corrected chi connectivity index (χ4v) is 4.46. The monoisotopic (exact) mass is 380 g/mol. The first-order chi connectivity index (χ1) is 12.2. The van der Waals surface area contributed by atoms with Gasteiger partial charge in [0.05, 0.1) is 7.11 Å². The molecule has 0 fully saturated rings. The van der Waals surface area contributed by atoms with Crippen LogP contribution in [0.25, 0.3) is 0 Å². The van der Waals surface area contributed by atoms with Crippen molar-refractivity contribution in [3.05, 3.63) is 52.8 Å². The summed E-state index contributed by atoms with van der Waals surface area (Å²) in [5.41, 5.74) is 0.781. The van der Waals surface area contributed by atoms with E-state index in [9.17, 15) is 23.1 Å². The fourth-order valence-electron chi connectivity index (χ4n) is 2.68. The number of carboxylic acid groups (broad SMARTS) is 1. The van der Waals surface area contributed by atoms with Crippen LogP contribution < -0.4 is 0 Å². The number of nitrogens with one attached hydrogen (secondary N) is 1. The molecule has 0 spiro atoms. The van der Waals surface area contributed by atoms with E-state index in [1.165, 1.54) is 21.0 Å². The molecule has 0 aliphatic rings. The molecular formula is C17H20N2O6S. The van der Waals surface area contributed by atoms with Crippen molar-refractivity contribution in [2.75, 3.05) is 13.7 Å². The summed E-state index contributed by atoms with van der Waals surface area (Å²) in [5.74, 6) is -1.97. The van der Waals surface area contributed by atoms with Crippen molar-refractivity contribution in [3.63, 3.8) is 0 Å². The Morgan fingerprint density at radius 3 is 2.31 bits per heavy atom. The van der Waals surface area contributed by atoms with Crippen LogP contribution in [0.4, 0.5) is 0 Å². The third-order valence-corrected chi connectivity index (χ3v) is 5.98. The van der Waals surface area contributed by atoms with Gasteiger partial charge in [-0.15, -0.1) is 0 Å². The Kier molecular flexibility index (Phi) is 5.83. The number of nitrogens with zero attached hydrogens (tertiary/aromatic N) is 1. The van der Waals surface area contributed by atoms with E-state index in [4.69, 9.17) is 0 Å². The summed E-state index contributed by atoms with van der Waals surface area (Å²) in [6.45, 7) is 2.36. The molecule has 0 bridgehead atoms. The maximum absolute atomic E-state index is 13.2. The number of rotatable bonds is 7. The number of esters is 1. The van der Waals surface area contributed by atoms with Gasteiger partial charge in [0.25, 0.3) is 0 Å². The number of carbonyl (C=O) groups excluding carboxylic acids is 1. The number of benzene rings is 1. The average molecular weight is 380 g/mol. The normalized spacial score (nSPS) is 11.5. The fraction of sp³-hybridized carbons (Fsp3) is 0.294. The second-order valence-corrected chi connectivity index (χ2v) is 7.59. The summed E-state index contributed by atoms with van der Waals surface area (Å²) in [6.07, 6.45) is 0. The van der Waals surface area contributed by atoms with Gasteiger partial charge in [-0.2, -0.15) is 4.31 Å². The maximum Gasteiger partial charge on any atom is 0.352 e. The summed E-state index contributed by atoms with van der Waals surface area (Å²) >= 11 is 0. The first-order valence-electron chi connectivity index (χ1n) is 7.71. The molecule has 2 rings (SSSR count). The molecule has 0 atom stereocenters. The number of carboxylic acids is 1. The van der Waals surface area contributed by atoms with Crippen LogP contribution in [0, 0.1) is 13.8 Å². The minimum Gasteiger partial charge on any atom is -0.477 e. The highest BCUT2D eigenvalue weighted by atomic mass is 32.2. The quantitative estimate of drug-likeness (QED) is 0.706. The Balaban J connectivity index is 2.52. The zero-order valence-corrected chi connectivity index (χ0v) is 15.5. The van der Waals surface area contributed by atoms with Gasteiger partial charge >= 0.3 is 11.9 Å². The molecule has 0 saturated heterocycles. The first-order valence-corrected chi connectivity index (χ1v) is 9.15. The van der Waals surface area contributed by atoms with Gasteiger partial charge in [-0.1, -0.05) is 30.3 Å². The second kappa shape index (κ2) is 7.71. The van der Waals surface area contributed by atoms with Crippen molar-refractivity contribution >= 4 is 22.0 Å². The van der Waals surface area contributed by atoms with Crippen molar-refractivity contribution < 1.29 is 27.9 Å². The number of H-pyrrole nitrogens is 1. The molecular weight excluding hydrogens is 360 g/mol. The van der Waals surface area contributed by atoms with Gasteiger partial charge < -0.3 is 14.8 Å². The molecule has 1 aromatic carbocycles. The topological polar surface area (TPSA) is 117 Å². The van der Waals surface area contributed by atoms with Crippen molar-refractivity contribution in [1.29, 1.82) is 0 Å². The molecule has 1 heterocycles. The highest BCUT2D eigenvalue weighted by Crippen LogP contribution is 2.27. The van der Waals surface area contributed by atoms with Crippen LogP contribution in [0.5, 0.6) is 0 Å². The van der Waals surface area contributed by atoms with E-state index in [-0.39, 0.29) is 28.4 Å². The Hall–Kier alpha value is -2.65. The average Bonchev–Trinajstić information content (AvgIpc) is 2.90. The van der Waals surface area contributed by atoms with Crippen molar-refractivity contribution in [3.8, 4) is 0 Å². The molecule has 0 aliphatic carbocycles. The largest absolute Gasteiger partial charge is 0.477 e. The van der Waals surface area contributed by atoms with E-state index in [1.807, 2.05) is 0 Å². The number of sulfonamides is 1. The Bertz CT molecular complexity index is 918. The summed E-state index contributed by atoms with van der Waals surface area (Å²) in [4.78, 5) is 25.5. The summed E-state index contributed by atoms with van der Waals surface area (Å²) in [6, 6.07) is 8.78. The Morgan fingerprint density at radius 2 is 1.81 bits per heavy atom. The summed E-state index contributed by atoms with van der Waals surface area (Å²) < 4.78 is 31.9. The number of ether oxygens (including phenoxy) is 1. The number of aromatic carboxylic acids is 1. The van der Waals surface area contributed by atoms with Crippen LogP contribution in [0.2, 0.25) is 0 Å². The molecule has 1 aromatic heterocycles. The number of hydrogen-bond donors (Lipinski definition) is 2. The van der Waals surface area contributed by atoms with Gasteiger partial charge in [0.2, 0.25) is 10.0 Å². The van der Waals surface area contributed by atoms with Gasteiger partial charge in [0.1, 0.15) is 17.1 Å². The zero-order chi connectivity index (χ0) is 19.5. The molecule has 0 saturated carbocycles. The van der Waals surface area contributed by atoms with Crippen LogP contribution >= 0.6 is 0 Å². The van der Waals surface area contributed by atoms with Crippen LogP contribution in [0.1, 0.15) is 27.3 Å². The third kappa shape index (κ3) is 3.94. The number of aromatic amines is 1. The molecule has 0 aliphatic heterocycles. The Morgan fingerprint density at radius 1 is 1.19 bits per heavy atom. The zero-order valence-electron chi connectivity index (χ0n) is 14.6. The highest BCUT2D eigenvalue weighted by molar-refractivity contribution is 7.89. The molecule has 0 unspecified atom stereocenters. The number of aryl methyl sites for hydroxylation is 1. The first kappa shape index (κ1) is 19.7. The van der Waals surface area contributed by atoms with Crippen LogP contribution in [0.15, 0.2) is 35.2 Å². The minimum atomic E-state index is -4.14. The standard InChI is InChI=1S/C17H20N2O6S/c1-11-15(17(21)22)18-12(2)16(11)26(23,24)19(10-14(20)25-3)9-13-7-5-4-6-8-13/h4-8,18H,9-10H2,1-3H3,(H,21,22). The molecule has 0 amide bonds. The molecule has 2 aromatic rings.